The Morgan fingerprint density at radius 3 is 2.42 bits per heavy atom. The fraction of sp³-hybridized carbons (Fsp3) is 0.533. The van der Waals surface area contributed by atoms with E-state index in [0.29, 0.717) is 18.9 Å². The first-order valence-electron chi connectivity index (χ1n) is 6.60. The smallest absolute Gasteiger partial charge is 0.323 e. The van der Waals surface area contributed by atoms with Crippen molar-refractivity contribution in [2.45, 2.75) is 39.0 Å². The van der Waals surface area contributed by atoms with Gasteiger partial charge in [-0.1, -0.05) is 44.2 Å². The van der Waals surface area contributed by atoms with E-state index < -0.39 is 12.0 Å². The van der Waals surface area contributed by atoms with Crippen LogP contribution in [0, 0.1) is 5.92 Å². The molecule has 0 heterocycles. The van der Waals surface area contributed by atoms with Gasteiger partial charge in [-0.25, -0.2) is 0 Å². The Labute approximate surface area is 114 Å². The lowest BCUT2D eigenvalue weighted by atomic mass is 10.00. The number of ether oxygens (including phenoxy) is 1. The Balaban J connectivity index is 2.66. The zero-order valence-electron chi connectivity index (χ0n) is 11.8. The fourth-order valence-corrected chi connectivity index (χ4v) is 2.01. The molecule has 0 aliphatic rings. The molecule has 1 aromatic carbocycles. The van der Waals surface area contributed by atoms with Gasteiger partial charge < -0.3 is 15.2 Å². The predicted octanol–water partition coefficient (Wildman–Crippen LogP) is 2.29. The minimum Gasteiger partial charge on any atom is -0.480 e. The minimum atomic E-state index is -0.874. The Kier molecular flexibility index (Phi) is 6.53. The predicted molar refractivity (Wildman–Crippen MR) is 75.0 cm³/mol. The SMILES string of the molecule is CN[C@H](C(=O)O)[C@@H](CC(C)C)OCc1ccccc1. The van der Waals surface area contributed by atoms with Crippen molar-refractivity contribution in [1.29, 1.82) is 0 Å². The van der Waals surface area contributed by atoms with Crippen molar-refractivity contribution >= 4 is 5.97 Å². The quantitative estimate of drug-likeness (QED) is 0.757. The van der Waals surface area contributed by atoms with Crippen molar-refractivity contribution in [3.63, 3.8) is 0 Å². The van der Waals surface area contributed by atoms with E-state index in [-0.39, 0.29) is 6.10 Å². The van der Waals surface area contributed by atoms with E-state index in [1.807, 2.05) is 30.3 Å². The maximum Gasteiger partial charge on any atom is 0.323 e. The minimum absolute atomic E-state index is 0.331. The molecular weight excluding hydrogens is 242 g/mol. The van der Waals surface area contributed by atoms with Gasteiger partial charge in [-0.05, 0) is 24.9 Å². The average Bonchev–Trinajstić information content (AvgIpc) is 2.36. The van der Waals surface area contributed by atoms with E-state index in [9.17, 15) is 9.90 Å². The van der Waals surface area contributed by atoms with Crippen LogP contribution in [0.3, 0.4) is 0 Å². The van der Waals surface area contributed by atoms with Crippen LogP contribution in [-0.4, -0.2) is 30.3 Å². The summed E-state index contributed by atoms with van der Waals surface area (Å²) in [5.74, 6) is -0.489. The first kappa shape index (κ1) is 15.7. The molecule has 0 spiro atoms. The van der Waals surface area contributed by atoms with Crippen LogP contribution in [0.1, 0.15) is 25.8 Å². The van der Waals surface area contributed by atoms with Gasteiger partial charge in [0.15, 0.2) is 0 Å². The number of aliphatic carboxylic acids is 1. The molecule has 4 nitrogen and oxygen atoms in total. The van der Waals surface area contributed by atoms with Gasteiger partial charge in [0.05, 0.1) is 12.7 Å². The van der Waals surface area contributed by atoms with E-state index in [0.717, 1.165) is 5.56 Å². The first-order valence-corrected chi connectivity index (χ1v) is 6.60. The van der Waals surface area contributed by atoms with Crippen LogP contribution in [0.15, 0.2) is 30.3 Å². The lowest BCUT2D eigenvalue weighted by Crippen LogP contribution is -2.46. The molecule has 2 N–H and O–H groups in total. The molecule has 0 unspecified atom stereocenters. The summed E-state index contributed by atoms with van der Waals surface area (Å²) in [4.78, 5) is 11.2. The summed E-state index contributed by atoms with van der Waals surface area (Å²) in [6.45, 7) is 4.56. The van der Waals surface area contributed by atoms with Crippen LogP contribution >= 0.6 is 0 Å². The Bertz CT molecular complexity index is 378. The zero-order chi connectivity index (χ0) is 14.3. The highest BCUT2D eigenvalue weighted by Crippen LogP contribution is 2.15. The standard InChI is InChI=1S/C15H23NO3/c1-11(2)9-13(14(16-3)15(17)18)19-10-12-7-5-4-6-8-12/h4-8,11,13-14,16H,9-10H2,1-3H3,(H,17,18)/t13-,14+/m1/s1. The molecule has 0 amide bonds. The van der Waals surface area contributed by atoms with Crippen LogP contribution in [0.5, 0.6) is 0 Å². The third-order valence-corrected chi connectivity index (χ3v) is 2.96. The molecular formula is C15H23NO3. The zero-order valence-corrected chi connectivity index (χ0v) is 11.8. The van der Waals surface area contributed by atoms with Crippen molar-refractivity contribution in [3.8, 4) is 0 Å². The fourth-order valence-electron chi connectivity index (χ4n) is 2.01. The van der Waals surface area contributed by atoms with Crippen LogP contribution in [-0.2, 0) is 16.1 Å². The number of carboxylic acids is 1. The third-order valence-electron chi connectivity index (χ3n) is 2.96. The lowest BCUT2D eigenvalue weighted by Gasteiger charge is -2.25. The van der Waals surface area contributed by atoms with E-state index in [4.69, 9.17) is 4.74 Å². The molecule has 0 aromatic heterocycles. The largest absolute Gasteiger partial charge is 0.480 e. The second-order valence-corrected chi connectivity index (χ2v) is 5.07. The molecule has 0 aliphatic carbocycles. The number of hydrogen-bond acceptors (Lipinski definition) is 3. The lowest BCUT2D eigenvalue weighted by molar-refractivity contribution is -0.144. The van der Waals surface area contributed by atoms with Gasteiger partial charge in [-0.15, -0.1) is 0 Å². The van der Waals surface area contributed by atoms with Gasteiger partial charge in [0.2, 0.25) is 0 Å². The van der Waals surface area contributed by atoms with Crippen LogP contribution in [0.25, 0.3) is 0 Å². The second-order valence-electron chi connectivity index (χ2n) is 5.07. The van der Waals surface area contributed by atoms with E-state index in [1.165, 1.54) is 0 Å². The molecule has 19 heavy (non-hydrogen) atoms. The summed E-state index contributed by atoms with van der Waals surface area (Å²) < 4.78 is 5.81. The van der Waals surface area contributed by atoms with Gasteiger partial charge in [0.25, 0.3) is 0 Å². The second kappa shape index (κ2) is 7.92. The summed E-state index contributed by atoms with van der Waals surface area (Å²) in [5, 5.41) is 12.0. The molecule has 0 saturated heterocycles. The van der Waals surface area contributed by atoms with Gasteiger partial charge in [0, 0.05) is 0 Å². The van der Waals surface area contributed by atoms with Gasteiger partial charge in [-0.2, -0.15) is 0 Å². The highest BCUT2D eigenvalue weighted by molar-refractivity contribution is 5.74. The van der Waals surface area contributed by atoms with Crippen LogP contribution in [0.4, 0.5) is 0 Å². The van der Waals surface area contributed by atoms with Crippen molar-refractivity contribution in [2.24, 2.45) is 5.92 Å². The monoisotopic (exact) mass is 265 g/mol. The summed E-state index contributed by atoms with van der Waals surface area (Å²) in [5.41, 5.74) is 1.05. The first-order chi connectivity index (χ1) is 9.04. The summed E-state index contributed by atoms with van der Waals surface area (Å²) >= 11 is 0. The molecule has 0 radical (unpaired) electrons. The molecule has 0 saturated carbocycles. The molecule has 1 aromatic rings. The van der Waals surface area contributed by atoms with Crippen molar-refractivity contribution < 1.29 is 14.6 Å². The number of hydrogen-bond donors (Lipinski definition) is 2. The van der Waals surface area contributed by atoms with Crippen LogP contribution < -0.4 is 5.32 Å². The normalized spacial score (nSPS) is 14.3. The van der Waals surface area contributed by atoms with E-state index >= 15 is 0 Å². The van der Waals surface area contributed by atoms with Crippen molar-refractivity contribution in [2.75, 3.05) is 7.05 Å². The maximum atomic E-state index is 11.2. The Morgan fingerprint density at radius 1 is 1.32 bits per heavy atom. The van der Waals surface area contributed by atoms with Gasteiger partial charge >= 0.3 is 5.97 Å². The molecule has 0 bridgehead atoms. The number of carboxylic acid groups (broad SMARTS) is 1. The number of nitrogens with one attached hydrogen (secondary N) is 1. The summed E-state index contributed by atoms with van der Waals surface area (Å²) in [6, 6.07) is 9.11. The van der Waals surface area contributed by atoms with Gasteiger partial charge in [0.1, 0.15) is 6.04 Å². The Morgan fingerprint density at radius 2 is 1.95 bits per heavy atom. The average molecular weight is 265 g/mol. The van der Waals surface area contributed by atoms with Crippen molar-refractivity contribution in [3.05, 3.63) is 35.9 Å². The van der Waals surface area contributed by atoms with E-state index in [1.54, 1.807) is 7.05 Å². The number of rotatable bonds is 8. The number of carbonyl (C=O) groups is 1. The number of benzene rings is 1. The molecule has 1 rings (SSSR count). The van der Waals surface area contributed by atoms with Gasteiger partial charge in [-0.3, -0.25) is 4.79 Å². The highest BCUT2D eigenvalue weighted by atomic mass is 16.5. The van der Waals surface area contributed by atoms with Crippen molar-refractivity contribution in [1.82, 2.24) is 5.32 Å². The maximum absolute atomic E-state index is 11.2. The highest BCUT2D eigenvalue weighted by Gasteiger charge is 2.28. The molecule has 0 fully saturated rings. The molecule has 106 valence electrons. The number of likely N-dealkylation sites (N-methyl/N-ethyl adjacent to an activating group) is 1. The van der Waals surface area contributed by atoms with E-state index in [2.05, 4.69) is 19.2 Å². The topological polar surface area (TPSA) is 58.6 Å². The Hall–Kier alpha value is -1.39. The summed E-state index contributed by atoms with van der Waals surface area (Å²) in [6.07, 6.45) is 0.382. The summed E-state index contributed by atoms with van der Waals surface area (Å²) in [7, 11) is 1.65. The molecule has 4 heteroatoms. The van der Waals surface area contributed by atoms with Crippen LogP contribution in [0.2, 0.25) is 0 Å². The molecule has 2 atom stereocenters. The molecule has 0 aliphatic heterocycles. The third kappa shape index (κ3) is 5.41.